The monoisotopic (exact) mass is 310 g/mol. The summed E-state index contributed by atoms with van der Waals surface area (Å²) in [6, 6.07) is 13.0. The maximum absolute atomic E-state index is 12.3. The average molecular weight is 310 g/mol. The zero-order valence-electron chi connectivity index (χ0n) is 13.9. The number of benzene rings is 2. The van der Waals surface area contributed by atoms with Crippen LogP contribution in [0.15, 0.2) is 42.5 Å². The molecule has 0 heterocycles. The van der Waals surface area contributed by atoms with E-state index in [-0.39, 0.29) is 11.8 Å². The van der Waals surface area contributed by atoms with E-state index in [1.807, 2.05) is 43.3 Å². The maximum Gasteiger partial charge on any atom is 0.255 e. The zero-order chi connectivity index (χ0) is 17.0. The number of nitrogens with one attached hydrogen (secondary N) is 2. The van der Waals surface area contributed by atoms with Crippen molar-refractivity contribution in [3.8, 4) is 0 Å². The Morgan fingerprint density at radius 1 is 0.957 bits per heavy atom. The summed E-state index contributed by atoms with van der Waals surface area (Å²) in [6.07, 6.45) is 0. The molecule has 2 aromatic carbocycles. The highest BCUT2D eigenvalue weighted by Gasteiger charge is 2.09. The first-order valence-corrected chi connectivity index (χ1v) is 7.66. The van der Waals surface area contributed by atoms with Gasteiger partial charge in [-0.3, -0.25) is 9.59 Å². The van der Waals surface area contributed by atoms with E-state index in [4.69, 9.17) is 0 Å². The topological polar surface area (TPSA) is 58.2 Å². The van der Waals surface area contributed by atoms with Gasteiger partial charge in [0.15, 0.2) is 0 Å². The van der Waals surface area contributed by atoms with Crippen molar-refractivity contribution in [2.75, 3.05) is 10.6 Å². The lowest BCUT2D eigenvalue weighted by molar-refractivity contribution is -0.114. The summed E-state index contributed by atoms with van der Waals surface area (Å²) in [5, 5.41) is 5.61. The van der Waals surface area contributed by atoms with Crippen LogP contribution in [0.1, 0.15) is 48.2 Å². The molecule has 0 saturated heterocycles. The van der Waals surface area contributed by atoms with E-state index >= 15 is 0 Å². The number of aryl methyl sites for hydroxylation is 1. The molecule has 0 aliphatic heterocycles. The van der Waals surface area contributed by atoms with Crippen LogP contribution in [0.3, 0.4) is 0 Å². The van der Waals surface area contributed by atoms with E-state index in [0.29, 0.717) is 22.9 Å². The molecule has 0 bridgehead atoms. The normalized spacial score (nSPS) is 10.5. The van der Waals surface area contributed by atoms with E-state index in [2.05, 4.69) is 24.5 Å². The highest BCUT2D eigenvalue weighted by molar-refractivity contribution is 6.04. The summed E-state index contributed by atoms with van der Waals surface area (Å²) in [5.74, 6) is 0.128. The minimum absolute atomic E-state index is 0.138. The second-order valence-corrected chi connectivity index (χ2v) is 5.94. The fourth-order valence-electron chi connectivity index (χ4n) is 2.25. The molecule has 0 spiro atoms. The van der Waals surface area contributed by atoms with Crippen molar-refractivity contribution in [3.63, 3.8) is 0 Å². The third-order valence-electron chi connectivity index (χ3n) is 3.65. The number of hydrogen-bond donors (Lipinski definition) is 2. The van der Waals surface area contributed by atoms with Gasteiger partial charge in [0.05, 0.1) is 0 Å². The van der Waals surface area contributed by atoms with Gasteiger partial charge in [0, 0.05) is 23.9 Å². The van der Waals surface area contributed by atoms with E-state index in [1.54, 1.807) is 6.07 Å². The first kappa shape index (κ1) is 16.7. The number of carbonyl (C=O) groups is 2. The van der Waals surface area contributed by atoms with E-state index in [1.165, 1.54) is 12.5 Å². The fraction of sp³-hybridized carbons (Fsp3) is 0.263. The average Bonchev–Trinajstić information content (AvgIpc) is 2.50. The number of amides is 2. The quantitative estimate of drug-likeness (QED) is 0.883. The van der Waals surface area contributed by atoms with Crippen LogP contribution in [0.4, 0.5) is 11.4 Å². The molecule has 2 aromatic rings. The van der Waals surface area contributed by atoms with Crippen LogP contribution in [-0.4, -0.2) is 11.8 Å². The molecular weight excluding hydrogens is 288 g/mol. The highest BCUT2D eigenvalue weighted by Crippen LogP contribution is 2.21. The predicted molar refractivity (Wildman–Crippen MR) is 94.0 cm³/mol. The molecule has 0 aliphatic rings. The molecule has 0 aromatic heterocycles. The molecular formula is C19H22N2O2. The van der Waals surface area contributed by atoms with E-state index in [0.717, 1.165) is 5.56 Å². The Hall–Kier alpha value is -2.62. The molecule has 2 rings (SSSR count). The molecule has 4 nitrogen and oxygen atoms in total. The molecule has 0 aliphatic carbocycles. The lowest BCUT2D eigenvalue weighted by Gasteiger charge is -2.11. The van der Waals surface area contributed by atoms with Gasteiger partial charge < -0.3 is 10.6 Å². The Balaban J connectivity index is 2.15. The predicted octanol–water partition coefficient (Wildman–Crippen LogP) is 4.33. The molecule has 0 unspecified atom stereocenters. The number of carbonyl (C=O) groups excluding carboxylic acids is 2. The van der Waals surface area contributed by atoms with Gasteiger partial charge in [-0.05, 0) is 48.2 Å². The van der Waals surface area contributed by atoms with E-state index in [9.17, 15) is 9.59 Å². The van der Waals surface area contributed by atoms with Crippen molar-refractivity contribution < 1.29 is 9.59 Å². The molecule has 120 valence electrons. The van der Waals surface area contributed by atoms with Gasteiger partial charge in [0.1, 0.15) is 0 Å². The van der Waals surface area contributed by atoms with Crippen molar-refractivity contribution >= 4 is 23.2 Å². The number of rotatable bonds is 4. The first-order chi connectivity index (χ1) is 10.9. The second kappa shape index (κ2) is 7.09. The largest absolute Gasteiger partial charge is 0.326 e. The fourth-order valence-corrected chi connectivity index (χ4v) is 2.25. The highest BCUT2D eigenvalue weighted by atomic mass is 16.2. The standard InChI is InChI=1S/C19H22N2O2/c1-12(2)15-6-8-16(9-7-15)19(23)21-17-10-5-13(3)18(11-17)20-14(4)22/h5-12H,1-4H3,(H,20,22)(H,21,23). The molecule has 0 fully saturated rings. The summed E-state index contributed by atoms with van der Waals surface area (Å²) < 4.78 is 0. The maximum atomic E-state index is 12.3. The summed E-state index contributed by atoms with van der Waals surface area (Å²) in [7, 11) is 0. The lowest BCUT2D eigenvalue weighted by atomic mass is 10.0. The van der Waals surface area contributed by atoms with Crippen molar-refractivity contribution in [1.82, 2.24) is 0 Å². The van der Waals surface area contributed by atoms with Crippen molar-refractivity contribution in [2.45, 2.75) is 33.6 Å². The minimum Gasteiger partial charge on any atom is -0.326 e. The summed E-state index contributed by atoms with van der Waals surface area (Å²) in [6.45, 7) is 7.60. The Bertz CT molecular complexity index is 719. The lowest BCUT2D eigenvalue weighted by Crippen LogP contribution is -2.13. The Labute approximate surface area is 136 Å². The van der Waals surface area contributed by atoms with Crippen LogP contribution in [0.5, 0.6) is 0 Å². The second-order valence-electron chi connectivity index (χ2n) is 5.94. The summed E-state index contributed by atoms with van der Waals surface area (Å²) in [4.78, 5) is 23.5. The Kier molecular flexibility index (Phi) is 5.16. The SMILES string of the molecule is CC(=O)Nc1cc(NC(=O)c2ccc(C(C)C)cc2)ccc1C. The molecule has 0 saturated carbocycles. The number of hydrogen-bond acceptors (Lipinski definition) is 2. The summed E-state index contributed by atoms with van der Waals surface area (Å²) in [5.41, 5.74) is 4.10. The van der Waals surface area contributed by atoms with Gasteiger partial charge >= 0.3 is 0 Å². The minimum atomic E-state index is -0.169. The number of anilines is 2. The van der Waals surface area contributed by atoms with Crippen molar-refractivity contribution in [1.29, 1.82) is 0 Å². The van der Waals surface area contributed by atoms with Gasteiger partial charge in [0.2, 0.25) is 5.91 Å². The summed E-state index contributed by atoms with van der Waals surface area (Å²) >= 11 is 0. The molecule has 4 heteroatoms. The molecule has 0 radical (unpaired) electrons. The van der Waals surface area contributed by atoms with Gasteiger partial charge in [-0.2, -0.15) is 0 Å². The van der Waals surface area contributed by atoms with Crippen LogP contribution in [0, 0.1) is 6.92 Å². The van der Waals surface area contributed by atoms with Gasteiger partial charge in [0.25, 0.3) is 5.91 Å². The zero-order valence-corrected chi connectivity index (χ0v) is 13.9. The van der Waals surface area contributed by atoms with Gasteiger partial charge in [-0.1, -0.05) is 32.0 Å². The van der Waals surface area contributed by atoms with Crippen LogP contribution in [-0.2, 0) is 4.79 Å². The van der Waals surface area contributed by atoms with Gasteiger partial charge in [-0.25, -0.2) is 0 Å². The Morgan fingerprint density at radius 2 is 1.61 bits per heavy atom. The van der Waals surface area contributed by atoms with Gasteiger partial charge in [-0.15, -0.1) is 0 Å². The Morgan fingerprint density at radius 3 is 2.17 bits per heavy atom. The third-order valence-corrected chi connectivity index (χ3v) is 3.65. The van der Waals surface area contributed by atoms with Crippen molar-refractivity contribution in [3.05, 3.63) is 59.2 Å². The van der Waals surface area contributed by atoms with E-state index < -0.39 is 0 Å². The molecule has 2 N–H and O–H groups in total. The third kappa shape index (κ3) is 4.42. The van der Waals surface area contributed by atoms with Crippen LogP contribution >= 0.6 is 0 Å². The van der Waals surface area contributed by atoms with Crippen molar-refractivity contribution in [2.24, 2.45) is 0 Å². The molecule has 0 atom stereocenters. The van der Waals surface area contributed by atoms with Crippen LogP contribution < -0.4 is 10.6 Å². The first-order valence-electron chi connectivity index (χ1n) is 7.66. The van der Waals surface area contributed by atoms with Crippen LogP contribution in [0.25, 0.3) is 0 Å². The van der Waals surface area contributed by atoms with Crippen LogP contribution in [0.2, 0.25) is 0 Å². The smallest absolute Gasteiger partial charge is 0.255 e. The molecule has 23 heavy (non-hydrogen) atoms. The molecule has 2 amide bonds.